The van der Waals surface area contributed by atoms with Crippen LogP contribution >= 0.6 is 35.0 Å². The molecule has 152 valence electrons. The van der Waals surface area contributed by atoms with Crippen LogP contribution in [0, 0.1) is 6.92 Å². The third kappa shape index (κ3) is 5.79. The molecule has 0 radical (unpaired) electrons. The van der Waals surface area contributed by atoms with Gasteiger partial charge in [0.15, 0.2) is 5.82 Å². The zero-order chi connectivity index (χ0) is 20.8. The number of nitrogens with zero attached hydrogens (tertiary/aromatic N) is 3. The van der Waals surface area contributed by atoms with E-state index in [0.29, 0.717) is 39.7 Å². The lowest BCUT2D eigenvalue weighted by Crippen LogP contribution is -2.29. The molecule has 0 saturated carbocycles. The van der Waals surface area contributed by atoms with E-state index in [0.717, 1.165) is 11.3 Å². The van der Waals surface area contributed by atoms with Gasteiger partial charge in [0.05, 0.1) is 17.3 Å². The summed E-state index contributed by atoms with van der Waals surface area (Å²) in [5.41, 5.74) is 1.73. The van der Waals surface area contributed by atoms with Crippen molar-refractivity contribution in [1.82, 2.24) is 20.2 Å². The highest BCUT2D eigenvalue weighted by Crippen LogP contribution is 2.30. The van der Waals surface area contributed by atoms with Crippen molar-refractivity contribution in [2.45, 2.75) is 12.1 Å². The number of ether oxygens (including phenoxy) is 1. The molecule has 1 heterocycles. The molecule has 1 aromatic heterocycles. The van der Waals surface area contributed by atoms with Crippen molar-refractivity contribution in [1.29, 1.82) is 0 Å². The fourth-order valence-corrected chi connectivity index (χ4v) is 3.65. The van der Waals surface area contributed by atoms with E-state index >= 15 is 0 Å². The highest BCUT2D eigenvalue weighted by molar-refractivity contribution is 7.99. The molecule has 7 nitrogen and oxygen atoms in total. The van der Waals surface area contributed by atoms with Crippen LogP contribution in [0.4, 0.5) is 0 Å². The normalized spacial score (nSPS) is 10.7. The number of aromatic nitrogens is 3. The third-order valence-corrected chi connectivity index (χ3v) is 5.34. The van der Waals surface area contributed by atoms with Gasteiger partial charge in [-0.05, 0) is 42.8 Å². The Morgan fingerprint density at radius 3 is 2.83 bits per heavy atom. The van der Waals surface area contributed by atoms with Crippen LogP contribution in [0.15, 0.2) is 47.6 Å². The minimum atomic E-state index is -0.156. The second kappa shape index (κ2) is 9.87. The van der Waals surface area contributed by atoms with Gasteiger partial charge < -0.3 is 15.9 Å². The molecule has 0 saturated heterocycles. The molecule has 0 unspecified atom stereocenters. The number of halogens is 2. The Kier molecular flexibility index (Phi) is 7.24. The van der Waals surface area contributed by atoms with Crippen LogP contribution in [0.25, 0.3) is 11.4 Å². The molecule has 2 aromatic carbocycles. The van der Waals surface area contributed by atoms with Gasteiger partial charge in [-0.25, -0.2) is 4.68 Å². The van der Waals surface area contributed by atoms with Crippen LogP contribution in [-0.4, -0.2) is 39.7 Å². The van der Waals surface area contributed by atoms with E-state index in [1.807, 2.05) is 31.2 Å². The fraction of sp³-hybridized carbons (Fsp3) is 0.211. The van der Waals surface area contributed by atoms with Gasteiger partial charge in [-0.3, -0.25) is 4.79 Å². The largest absolute Gasteiger partial charge is 0.492 e. The highest BCUT2D eigenvalue weighted by Gasteiger charge is 2.16. The minimum absolute atomic E-state index is 0.147. The summed E-state index contributed by atoms with van der Waals surface area (Å²) in [6.07, 6.45) is 0. The number of nitrogen functional groups attached to an aromatic ring is 1. The van der Waals surface area contributed by atoms with Gasteiger partial charge in [-0.1, -0.05) is 47.1 Å². The number of nitrogens with one attached hydrogen (secondary N) is 1. The standard InChI is InChI=1S/C19H19Cl2N5O2S/c1-12-3-2-4-14(9-12)28-8-7-23-17(27)11-29-19-25-24-18(26(19)22)15-6-5-13(20)10-16(15)21/h2-6,9-10H,7-8,11,22H2,1H3,(H,23,27). The first-order valence-electron chi connectivity index (χ1n) is 8.69. The SMILES string of the molecule is Cc1cccc(OCCNC(=O)CSc2nnc(-c3ccc(Cl)cc3Cl)n2N)c1. The maximum absolute atomic E-state index is 12.0. The molecule has 0 aliphatic carbocycles. The molecule has 0 atom stereocenters. The molecule has 0 aliphatic rings. The summed E-state index contributed by atoms with van der Waals surface area (Å²) in [4.78, 5) is 12.0. The van der Waals surface area contributed by atoms with Crippen molar-refractivity contribution in [3.63, 3.8) is 0 Å². The average molecular weight is 452 g/mol. The van der Waals surface area contributed by atoms with Crippen LogP contribution in [-0.2, 0) is 4.79 Å². The number of hydrogen-bond donors (Lipinski definition) is 2. The average Bonchev–Trinajstić information content (AvgIpc) is 3.04. The molecule has 0 fully saturated rings. The van der Waals surface area contributed by atoms with Crippen molar-refractivity contribution in [2.75, 3.05) is 24.7 Å². The van der Waals surface area contributed by atoms with Crippen molar-refractivity contribution in [3.05, 3.63) is 58.1 Å². The van der Waals surface area contributed by atoms with E-state index < -0.39 is 0 Å². The van der Waals surface area contributed by atoms with Crippen molar-refractivity contribution in [3.8, 4) is 17.1 Å². The Hall–Kier alpha value is -2.42. The van der Waals surface area contributed by atoms with E-state index in [4.69, 9.17) is 33.8 Å². The molecule has 0 spiro atoms. The number of rotatable bonds is 8. The van der Waals surface area contributed by atoms with Crippen molar-refractivity contribution < 1.29 is 9.53 Å². The summed E-state index contributed by atoms with van der Waals surface area (Å²) in [6, 6.07) is 12.7. The number of thioether (sulfide) groups is 1. The first-order chi connectivity index (χ1) is 13.9. The predicted molar refractivity (Wildman–Crippen MR) is 116 cm³/mol. The third-order valence-electron chi connectivity index (χ3n) is 3.85. The Bertz CT molecular complexity index is 1010. The zero-order valence-electron chi connectivity index (χ0n) is 15.6. The number of nitrogens with two attached hydrogens (primary N) is 1. The topological polar surface area (TPSA) is 95.1 Å². The smallest absolute Gasteiger partial charge is 0.230 e. The summed E-state index contributed by atoms with van der Waals surface area (Å²) < 4.78 is 6.90. The highest BCUT2D eigenvalue weighted by atomic mass is 35.5. The van der Waals surface area contributed by atoms with E-state index in [1.165, 1.54) is 16.4 Å². The Morgan fingerprint density at radius 2 is 2.07 bits per heavy atom. The summed E-state index contributed by atoms with van der Waals surface area (Å²) in [5.74, 6) is 7.21. The molecule has 10 heteroatoms. The molecular weight excluding hydrogens is 433 g/mol. The van der Waals surface area contributed by atoms with E-state index in [1.54, 1.807) is 18.2 Å². The van der Waals surface area contributed by atoms with E-state index in [2.05, 4.69) is 15.5 Å². The molecule has 3 aromatic rings. The molecule has 0 bridgehead atoms. The molecule has 3 rings (SSSR count). The van der Waals surface area contributed by atoms with Crippen LogP contribution in [0.5, 0.6) is 5.75 Å². The second-order valence-corrected chi connectivity index (χ2v) is 7.89. The van der Waals surface area contributed by atoms with Gasteiger partial charge in [0.25, 0.3) is 0 Å². The van der Waals surface area contributed by atoms with E-state index in [-0.39, 0.29) is 11.7 Å². The number of aryl methyl sites for hydroxylation is 1. The molecular formula is C19H19Cl2N5O2S. The molecule has 29 heavy (non-hydrogen) atoms. The van der Waals surface area contributed by atoms with Crippen LogP contribution in [0.1, 0.15) is 5.56 Å². The monoisotopic (exact) mass is 451 g/mol. The maximum Gasteiger partial charge on any atom is 0.230 e. The molecule has 0 aliphatic heterocycles. The van der Waals surface area contributed by atoms with Gasteiger partial charge in [-0.2, -0.15) is 0 Å². The van der Waals surface area contributed by atoms with Gasteiger partial charge in [-0.15, -0.1) is 10.2 Å². The Labute approximate surface area is 182 Å². The first-order valence-corrected chi connectivity index (χ1v) is 10.4. The number of carbonyl (C=O) groups excluding carboxylic acids is 1. The summed E-state index contributed by atoms with van der Waals surface area (Å²) in [6.45, 7) is 2.77. The zero-order valence-corrected chi connectivity index (χ0v) is 17.9. The number of amides is 1. The van der Waals surface area contributed by atoms with Crippen LogP contribution in [0.2, 0.25) is 10.0 Å². The van der Waals surface area contributed by atoms with Gasteiger partial charge in [0, 0.05) is 10.6 Å². The quantitative estimate of drug-likeness (QED) is 0.308. The predicted octanol–water partition coefficient (Wildman–Crippen LogP) is 3.56. The van der Waals surface area contributed by atoms with Crippen LogP contribution in [0.3, 0.4) is 0 Å². The first kappa shape index (κ1) is 21.3. The fourth-order valence-electron chi connectivity index (χ4n) is 2.48. The lowest BCUT2D eigenvalue weighted by atomic mass is 10.2. The summed E-state index contributed by atoms with van der Waals surface area (Å²) >= 11 is 13.3. The Balaban J connectivity index is 1.47. The maximum atomic E-state index is 12.0. The van der Waals surface area contributed by atoms with Crippen molar-refractivity contribution in [2.24, 2.45) is 0 Å². The van der Waals surface area contributed by atoms with Gasteiger partial charge in [0.2, 0.25) is 11.1 Å². The Morgan fingerprint density at radius 1 is 1.24 bits per heavy atom. The lowest BCUT2D eigenvalue weighted by molar-refractivity contribution is -0.118. The number of hydrogen-bond acceptors (Lipinski definition) is 6. The van der Waals surface area contributed by atoms with Gasteiger partial charge in [0.1, 0.15) is 12.4 Å². The number of carbonyl (C=O) groups is 1. The van der Waals surface area contributed by atoms with E-state index in [9.17, 15) is 4.79 Å². The molecule has 3 N–H and O–H groups in total. The summed E-state index contributed by atoms with van der Waals surface area (Å²) in [5, 5.41) is 12.2. The van der Waals surface area contributed by atoms with Gasteiger partial charge >= 0.3 is 0 Å². The van der Waals surface area contributed by atoms with Crippen LogP contribution < -0.4 is 15.9 Å². The molecule has 1 amide bonds. The minimum Gasteiger partial charge on any atom is -0.492 e. The summed E-state index contributed by atoms with van der Waals surface area (Å²) in [7, 11) is 0. The second-order valence-electron chi connectivity index (χ2n) is 6.10. The number of benzene rings is 2. The lowest BCUT2D eigenvalue weighted by Gasteiger charge is -2.08. The van der Waals surface area contributed by atoms with Crippen molar-refractivity contribution >= 4 is 40.9 Å².